The summed E-state index contributed by atoms with van der Waals surface area (Å²) in [6.45, 7) is 1.09. The van der Waals surface area contributed by atoms with Gasteiger partial charge >= 0.3 is 0 Å². The van der Waals surface area contributed by atoms with Crippen LogP contribution in [0.5, 0.6) is 11.5 Å². The zero-order chi connectivity index (χ0) is 11.8. The van der Waals surface area contributed by atoms with E-state index in [1.807, 2.05) is 0 Å². The molecule has 0 spiro atoms. The quantitative estimate of drug-likeness (QED) is 0.842. The molecule has 2 heterocycles. The van der Waals surface area contributed by atoms with E-state index in [0.717, 1.165) is 30.9 Å². The van der Waals surface area contributed by atoms with Crippen molar-refractivity contribution in [1.29, 1.82) is 0 Å². The number of fused-ring (bicyclic) bond motifs is 2. The minimum absolute atomic E-state index is 0.341. The minimum Gasteiger partial charge on any atom is -0.454 e. The summed E-state index contributed by atoms with van der Waals surface area (Å²) >= 11 is 0. The second kappa shape index (κ2) is 4.11. The molecule has 2 aliphatic heterocycles. The molecule has 0 radical (unpaired) electrons. The average Bonchev–Trinajstić information content (AvgIpc) is 2.78. The van der Waals surface area contributed by atoms with Gasteiger partial charge in [0.2, 0.25) is 6.79 Å². The van der Waals surface area contributed by atoms with E-state index >= 15 is 0 Å². The van der Waals surface area contributed by atoms with Gasteiger partial charge in [0, 0.05) is 24.8 Å². The van der Waals surface area contributed by atoms with E-state index < -0.39 is 0 Å². The number of nitrogens with zero attached hydrogens (tertiary/aromatic N) is 1. The molecule has 0 fully saturated rings. The highest BCUT2D eigenvalue weighted by Crippen LogP contribution is 2.41. The first-order valence-electron chi connectivity index (χ1n) is 6.15. The van der Waals surface area contributed by atoms with Crippen molar-refractivity contribution in [3.05, 3.63) is 17.7 Å². The molecule has 17 heavy (non-hydrogen) atoms. The predicted octanol–water partition coefficient (Wildman–Crippen LogP) is 1.52. The molecule has 1 aromatic rings. The first-order valence-corrected chi connectivity index (χ1v) is 6.15. The van der Waals surface area contributed by atoms with E-state index in [1.54, 1.807) is 0 Å². The Kier molecular flexibility index (Phi) is 2.59. The summed E-state index contributed by atoms with van der Waals surface area (Å²) in [5.41, 5.74) is 8.28. The van der Waals surface area contributed by atoms with Crippen LogP contribution in [0.3, 0.4) is 0 Å². The molecule has 0 aliphatic carbocycles. The fraction of sp³-hybridized carbons (Fsp3) is 0.538. The lowest BCUT2D eigenvalue weighted by molar-refractivity contribution is 0.174. The van der Waals surface area contributed by atoms with E-state index in [4.69, 9.17) is 15.2 Å². The van der Waals surface area contributed by atoms with Gasteiger partial charge in [-0.3, -0.25) is 0 Å². The lowest BCUT2D eigenvalue weighted by Crippen LogP contribution is -2.37. The highest BCUT2D eigenvalue weighted by Gasteiger charge is 2.26. The summed E-state index contributed by atoms with van der Waals surface area (Å²) in [7, 11) is 2.14. The predicted molar refractivity (Wildman–Crippen MR) is 66.7 cm³/mol. The Morgan fingerprint density at radius 2 is 2.12 bits per heavy atom. The van der Waals surface area contributed by atoms with Crippen LogP contribution in [0.25, 0.3) is 0 Å². The SMILES string of the molecule is CN1c2cc3c(cc2CCC1CCN)OCO3. The van der Waals surface area contributed by atoms with Gasteiger partial charge in [0.05, 0.1) is 0 Å². The van der Waals surface area contributed by atoms with E-state index in [9.17, 15) is 0 Å². The van der Waals surface area contributed by atoms with Gasteiger partial charge in [0.1, 0.15) is 0 Å². The molecular formula is C13H18N2O2. The fourth-order valence-corrected chi connectivity index (χ4v) is 2.74. The smallest absolute Gasteiger partial charge is 0.231 e. The second-order valence-electron chi connectivity index (χ2n) is 4.71. The maximum atomic E-state index is 5.66. The monoisotopic (exact) mass is 234 g/mol. The maximum Gasteiger partial charge on any atom is 0.231 e. The van der Waals surface area contributed by atoms with Crippen LogP contribution >= 0.6 is 0 Å². The third-order valence-corrected chi connectivity index (χ3v) is 3.75. The van der Waals surface area contributed by atoms with Gasteiger partial charge in [-0.25, -0.2) is 0 Å². The molecule has 3 rings (SSSR count). The maximum absolute atomic E-state index is 5.66. The zero-order valence-electron chi connectivity index (χ0n) is 10.1. The number of ether oxygens (including phenoxy) is 2. The molecule has 4 heteroatoms. The van der Waals surface area contributed by atoms with Crippen LogP contribution in [-0.2, 0) is 6.42 Å². The van der Waals surface area contributed by atoms with Crippen molar-refractivity contribution in [3.8, 4) is 11.5 Å². The third kappa shape index (κ3) is 1.72. The summed E-state index contributed by atoms with van der Waals surface area (Å²) in [5.74, 6) is 1.75. The van der Waals surface area contributed by atoms with Crippen LogP contribution in [0.4, 0.5) is 5.69 Å². The lowest BCUT2D eigenvalue weighted by Gasteiger charge is -2.36. The number of aryl methyl sites for hydroxylation is 1. The average molecular weight is 234 g/mol. The van der Waals surface area contributed by atoms with Crippen LogP contribution in [0, 0.1) is 0 Å². The second-order valence-corrected chi connectivity index (χ2v) is 4.71. The van der Waals surface area contributed by atoms with E-state index in [-0.39, 0.29) is 0 Å². The fourth-order valence-electron chi connectivity index (χ4n) is 2.74. The van der Waals surface area contributed by atoms with Gasteiger partial charge in [-0.2, -0.15) is 0 Å². The highest BCUT2D eigenvalue weighted by atomic mass is 16.7. The highest BCUT2D eigenvalue weighted by molar-refractivity contribution is 5.64. The van der Waals surface area contributed by atoms with Crippen LogP contribution in [0.1, 0.15) is 18.4 Å². The normalized spacial score (nSPS) is 21.5. The molecule has 92 valence electrons. The van der Waals surface area contributed by atoms with Gasteiger partial charge < -0.3 is 20.1 Å². The summed E-state index contributed by atoms with van der Waals surface area (Å²) in [6, 6.07) is 4.76. The van der Waals surface area contributed by atoms with Gasteiger partial charge in [0.15, 0.2) is 11.5 Å². The molecule has 0 saturated heterocycles. The summed E-state index contributed by atoms with van der Waals surface area (Å²) in [6.07, 6.45) is 3.31. The van der Waals surface area contributed by atoms with Gasteiger partial charge in [-0.15, -0.1) is 0 Å². The Morgan fingerprint density at radius 3 is 2.88 bits per heavy atom. The lowest BCUT2D eigenvalue weighted by atomic mass is 9.94. The Bertz CT molecular complexity index is 434. The molecule has 2 aliphatic rings. The first kappa shape index (κ1) is 10.7. The van der Waals surface area contributed by atoms with Crippen LogP contribution in [-0.4, -0.2) is 26.4 Å². The molecule has 1 aromatic carbocycles. The molecule has 0 bridgehead atoms. The Balaban J connectivity index is 1.95. The number of hydrogen-bond donors (Lipinski definition) is 1. The molecule has 2 N–H and O–H groups in total. The summed E-state index contributed by atoms with van der Waals surface area (Å²) in [4.78, 5) is 2.33. The van der Waals surface area contributed by atoms with Gasteiger partial charge in [-0.1, -0.05) is 0 Å². The number of benzene rings is 1. The standard InChI is InChI=1S/C13H18N2O2/c1-15-10(4-5-14)3-2-9-6-12-13(7-11(9)15)17-8-16-12/h6-7,10H,2-5,8,14H2,1H3. The molecule has 1 atom stereocenters. The largest absolute Gasteiger partial charge is 0.454 e. The van der Waals surface area contributed by atoms with Crippen LogP contribution in [0.2, 0.25) is 0 Å². The van der Waals surface area contributed by atoms with Gasteiger partial charge in [-0.05, 0) is 37.4 Å². The minimum atomic E-state index is 0.341. The Hall–Kier alpha value is -1.42. The number of rotatable bonds is 2. The molecule has 0 saturated carbocycles. The number of anilines is 1. The van der Waals surface area contributed by atoms with Crippen LogP contribution < -0.4 is 20.1 Å². The van der Waals surface area contributed by atoms with E-state index in [0.29, 0.717) is 12.8 Å². The molecule has 4 nitrogen and oxygen atoms in total. The molecule has 0 amide bonds. The molecular weight excluding hydrogens is 216 g/mol. The Morgan fingerprint density at radius 1 is 1.35 bits per heavy atom. The third-order valence-electron chi connectivity index (χ3n) is 3.75. The van der Waals surface area contributed by atoms with Crippen molar-refractivity contribution in [2.24, 2.45) is 5.73 Å². The van der Waals surface area contributed by atoms with Crippen molar-refractivity contribution < 1.29 is 9.47 Å². The van der Waals surface area contributed by atoms with Crippen molar-refractivity contribution in [1.82, 2.24) is 0 Å². The molecule has 0 aromatic heterocycles. The zero-order valence-corrected chi connectivity index (χ0v) is 10.1. The summed E-state index contributed by atoms with van der Waals surface area (Å²) < 4.78 is 10.8. The van der Waals surface area contributed by atoms with E-state index in [1.165, 1.54) is 17.7 Å². The van der Waals surface area contributed by atoms with Crippen molar-refractivity contribution in [2.75, 3.05) is 25.3 Å². The first-order chi connectivity index (χ1) is 8.29. The number of hydrogen-bond acceptors (Lipinski definition) is 4. The molecule has 1 unspecified atom stereocenters. The summed E-state index contributed by atoms with van der Waals surface area (Å²) in [5, 5.41) is 0. The van der Waals surface area contributed by atoms with Crippen molar-refractivity contribution in [2.45, 2.75) is 25.3 Å². The van der Waals surface area contributed by atoms with Gasteiger partial charge in [0.25, 0.3) is 0 Å². The topological polar surface area (TPSA) is 47.7 Å². The van der Waals surface area contributed by atoms with Crippen molar-refractivity contribution in [3.63, 3.8) is 0 Å². The Labute approximate surface area is 101 Å². The number of nitrogens with two attached hydrogens (primary N) is 1. The van der Waals surface area contributed by atoms with Crippen LogP contribution in [0.15, 0.2) is 12.1 Å². The van der Waals surface area contributed by atoms with E-state index in [2.05, 4.69) is 24.1 Å². The van der Waals surface area contributed by atoms with Crippen molar-refractivity contribution >= 4 is 5.69 Å².